The number of rotatable bonds is 3. The minimum atomic E-state index is 0.596. The Labute approximate surface area is 107 Å². The molecule has 96 valence electrons. The Morgan fingerprint density at radius 1 is 1.47 bits per heavy atom. The molecule has 17 heavy (non-hydrogen) atoms. The lowest BCUT2D eigenvalue weighted by Gasteiger charge is -2.37. The zero-order valence-corrected chi connectivity index (χ0v) is 11.8. The first-order valence-corrected chi connectivity index (χ1v) is 7.11. The molecule has 1 aliphatic rings. The Morgan fingerprint density at radius 2 is 2.24 bits per heavy atom. The summed E-state index contributed by atoms with van der Waals surface area (Å²) in [7, 11) is 2.19. The van der Waals surface area contributed by atoms with Crippen LogP contribution in [0.25, 0.3) is 0 Å². The maximum Gasteiger partial charge on any atom is 0.185 e. The largest absolute Gasteiger partial charge is 0.345 e. The number of aromatic nitrogens is 1. The second-order valence-corrected chi connectivity index (χ2v) is 5.76. The van der Waals surface area contributed by atoms with Crippen LogP contribution in [0.1, 0.15) is 24.4 Å². The number of piperazine rings is 1. The van der Waals surface area contributed by atoms with Gasteiger partial charge in [0.05, 0.1) is 5.69 Å². The van der Waals surface area contributed by atoms with Crippen molar-refractivity contribution in [3.8, 4) is 0 Å². The van der Waals surface area contributed by atoms with Crippen molar-refractivity contribution >= 4 is 16.5 Å². The Kier molecular flexibility index (Phi) is 4.01. The normalized spacial score (nSPS) is 22.1. The fourth-order valence-electron chi connectivity index (χ4n) is 2.16. The molecule has 5 heteroatoms. The number of hydrogen-bond acceptors (Lipinski definition) is 5. The molecule has 2 N–H and O–H groups in total. The molecule has 0 amide bonds. The summed E-state index contributed by atoms with van der Waals surface area (Å²) >= 11 is 1.77. The van der Waals surface area contributed by atoms with Gasteiger partial charge in [0, 0.05) is 37.1 Å². The van der Waals surface area contributed by atoms with Gasteiger partial charge in [0.1, 0.15) is 0 Å². The van der Waals surface area contributed by atoms with Crippen molar-refractivity contribution in [1.82, 2.24) is 9.88 Å². The van der Waals surface area contributed by atoms with E-state index in [2.05, 4.69) is 30.7 Å². The molecule has 4 nitrogen and oxygen atoms in total. The molecule has 2 rings (SSSR count). The maximum absolute atomic E-state index is 5.76. The first kappa shape index (κ1) is 12.8. The number of anilines is 1. The second kappa shape index (κ2) is 5.33. The summed E-state index contributed by atoms with van der Waals surface area (Å²) in [5.41, 5.74) is 6.94. The van der Waals surface area contributed by atoms with Gasteiger partial charge in [-0.05, 0) is 20.4 Å². The standard InChI is InChI=1S/C12H22N4S/c1-4-10-11(7-13)17-12(14-10)16-6-5-15(3)9(2)8-16/h9H,4-8,13H2,1-3H3. The van der Waals surface area contributed by atoms with Gasteiger partial charge < -0.3 is 15.5 Å². The van der Waals surface area contributed by atoms with E-state index < -0.39 is 0 Å². The van der Waals surface area contributed by atoms with Crippen LogP contribution in [-0.4, -0.2) is 42.6 Å². The van der Waals surface area contributed by atoms with Gasteiger partial charge in [0.15, 0.2) is 5.13 Å². The highest BCUT2D eigenvalue weighted by Crippen LogP contribution is 2.28. The third-order valence-corrected chi connectivity index (χ3v) is 4.70. The van der Waals surface area contributed by atoms with E-state index in [9.17, 15) is 0 Å². The molecule has 1 aliphatic heterocycles. The summed E-state index contributed by atoms with van der Waals surface area (Å²) < 4.78 is 0. The molecule has 1 aromatic rings. The SMILES string of the molecule is CCc1nc(N2CCN(C)C(C)C2)sc1CN. The quantitative estimate of drug-likeness (QED) is 0.883. The summed E-state index contributed by atoms with van der Waals surface area (Å²) in [5, 5.41) is 1.15. The van der Waals surface area contributed by atoms with Gasteiger partial charge in [-0.15, -0.1) is 11.3 Å². The molecule has 0 radical (unpaired) electrons. The van der Waals surface area contributed by atoms with Crippen molar-refractivity contribution < 1.29 is 0 Å². The molecule has 0 aliphatic carbocycles. The van der Waals surface area contributed by atoms with E-state index >= 15 is 0 Å². The van der Waals surface area contributed by atoms with E-state index in [1.807, 2.05) is 0 Å². The van der Waals surface area contributed by atoms with Gasteiger partial charge in [-0.25, -0.2) is 4.98 Å². The van der Waals surface area contributed by atoms with Crippen LogP contribution < -0.4 is 10.6 Å². The van der Waals surface area contributed by atoms with Gasteiger partial charge in [0.25, 0.3) is 0 Å². The molecular formula is C12H22N4S. The van der Waals surface area contributed by atoms with Crippen LogP contribution in [0.3, 0.4) is 0 Å². The van der Waals surface area contributed by atoms with Crippen molar-refractivity contribution in [3.63, 3.8) is 0 Å². The van der Waals surface area contributed by atoms with Crippen LogP contribution in [0, 0.1) is 0 Å². The molecule has 1 aromatic heterocycles. The Morgan fingerprint density at radius 3 is 2.76 bits per heavy atom. The lowest BCUT2D eigenvalue weighted by Crippen LogP contribution is -2.50. The highest BCUT2D eigenvalue weighted by molar-refractivity contribution is 7.15. The lowest BCUT2D eigenvalue weighted by molar-refractivity contribution is 0.234. The predicted octanol–water partition coefficient (Wildman–Crippen LogP) is 1.30. The minimum Gasteiger partial charge on any atom is -0.345 e. The number of nitrogens with two attached hydrogens (primary N) is 1. The summed E-state index contributed by atoms with van der Waals surface area (Å²) in [6.07, 6.45) is 0.979. The monoisotopic (exact) mass is 254 g/mol. The third-order valence-electron chi connectivity index (χ3n) is 3.52. The topological polar surface area (TPSA) is 45.4 Å². The van der Waals surface area contributed by atoms with E-state index in [1.54, 1.807) is 11.3 Å². The van der Waals surface area contributed by atoms with Crippen molar-refractivity contribution in [2.24, 2.45) is 5.73 Å². The van der Waals surface area contributed by atoms with E-state index in [-0.39, 0.29) is 0 Å². The Bertz CT molecular complexity index is 355. The molecule has 2 heterocycles. The summed E-state index contributed by atoms with van der Waals surface area (Å²) in [6.45, 7) is 8.28. The van der Waals surface area contributed by atoms with Crippen LogP contribution in [0.5, 0.6) is 0 Å². The number of hydrogen-bond donors (Lipinski definition) is 1. The molecule has 1 fully saturated rings. The predicted molar refractivity (Wildman–Crippen MR) is 73.7 cm³/mol. The number of aryl methyl sites for hydroxylation is 1. The fraction of sp³-hybridized carbons (Fsp3) is 0.750. The first-order valence-electron chi connectivity index (χ1n) is 6.29. The fourth-order valence-corrected chi connectivity index (χ4v) is 3.23. The summed E-state index contributed by atoms with van der Waals surface area (Å²) in [5.74, 6) is 0. The Balaban J connectivity index is 2.14. The first-order chi connectivity index (χ1) is 8.15. The minimum absolute atomic E-state index is 0.596. The Hall–Kier alpha value is -0.650. The molecule has 0 aromatic carbocycles. The smallest absolute Gasteiger partial charge is 0.185 e. The van der Waals surface area contributed by atoms with Crippen molar-refractivity contribution in [2.75, 3.05) is 31.6 Å². The molecule has 0 spiro atoms. The number of likely N-dealkylation sites (N-methyl/N-ethyl adjacent to an activating group) is 1. The highest BCUT2D eigenvalue weighted by Gasteiger charge is 2.23. The van der Waals surface area contributed by atoms with Crippen molar-refractivity contribution in [2.45, 2.75) is 32.9 Å². The average molecular weight is 254 g/mol. The van der Waals surface area contributed by atoms with Gasteiger partial charge >= 0.3 is 0 Å². The number of nitrogens with zero attached hydrogens (tertiary/aromatic N) is 3. The molecule has 1 atom stereocenters. The zero-order valence-electron chi connectivity index (χ0n) is 10.9. The molecule has 0 bridgehead atoms. The molecule has 0 saturated carbocycles. The molecule has 1 saturated heterocycles. The number of thiazole rings is 1. The second-order valence-electron chi connectivity index (χ2n) is 4.70. The van der Waals surface area contributed by atoms with Gasteiger partial charge in [-0.3, -0.25) is 0 Å². The van der Waals surface area contributed by atoms with E-state index in [1.165, 1.54) is 10.6 Å². The van der Waals surface area contributed by atoms with Crippen LogP contribution in [0.2, 0.25) is 0 Å². The van der Waals surface area contributed by atoms with Crippen LogP contribution in [0.4, 0.5) is 5.13 Å². The average Bonchev–Trinajstić information content (AvgIpc) is 2.75. The van der Waals surface area contributed by atoms with E-state index in [0.29, 0.717) is 12.6 Å². The maximum atomic E-state index is 5.76. The van der Waals surface area contributed by atoms with E-state index in [4.69, 9.17) is 10.7 Å². The van der Waals surface area contributed by atoms with Crippen LogP contribution in [-0.2, 0) is 13.0 Å². The van der Waals surface area contributed by atoms with Crippen LogP contribution >= 0.6 is 11.3 Å². The van der Waals surface area contributed by atoms with Gasteiger partial charge in [-0.2, -0.15) is 0 Å². The molecule has 1 unspecified atom stereocenters. The van der Waals surface area contributed by atoms with Gasteiger partial charge in [0.2, 0.25) is 0 Å². The van der Waals surface area contributed by atoms with Crippen molar-refractivity contribution in [1.29, 1.82) is 0 Å². The summed E-state index contributed by atoms with van der Waals surface area (Å²) in [6, 6.07) is 0.596. The molecular weight excluding hydrogens is 232 g/mol. The summed E-state index contributed by atoms with van der Waals surface area (Å²) in [4.78, 5) is 10.8. The van der Waals surface area contributed by atoms with E-state index in [0.717, 1.165) is 31.2 Å². The zero-order chi connectivity index (χ0) is 12.4. The highest BCUT2D eigenvalue weighted by atomic mass is 32.1. The van der Waals surface area contributed by atoms with Crippen LogP contribution in [0.15, 0.2) is 0 Å². The third kappa shape index (κ3) is 2.61. The lowest BCUT2D eigenvalue weighted by atomic mass is 10.2. The van der Waals surface area contributed by atoms with Crippen molar-refractivity contribution in [3.05, 3.63) is 10.6 Å². The van der Waals surface area contributed by atoms with Gasteiger partial charge in [-0.1, -0.05) is 6.92 Å².